The van der Waals surface area contributed by atoms with E-state index in [0.717, 1.165) is 16.8 Å². The monoisotopic (exact) mass is 486 g/mol. The number of rotatable bonds is 10. The summed E-state index contributed by atoms with van der Waals surface area (Å²) in [5.41, 5.74) is 8.49. The van der Waals surface area contributed by atoms with Gasteiger partial charge in [0.1, 0.15) is 12.6 Å². The number of nitrogens with one attached hydrogen (secondary N) is 3. The van der Waals surface area contributed by atoms with E-state index in [0.29, 0.717) is 37.4 Å². The van der Waals surface area contributed by atoms with Crippen molar-refractivity contribution < 1.29 is 24.5 Å². The summed E-state index contributed by atoms with van der Waals surface area (Å²) in [7, 11) is 0. The second-order valence-electron chi connectivity index (χ2n) is 7.95. The molecule has 180 valence electrons. The molecule has 0 bridgehead atoms. The molecular formula is C24H29ClN5O4+. The Morgan fingerprint density at radius 2 is 2.03 bits per heavy atom. The number of amides is 2. The molecule has 6 N–H and O–H groups in total. The van der Waals surface area contributed by atoms with Crippen LogP contribution in [0.2, 0.25) is 5.02 Å². The first-order chi connectivity index (χ1) is 16.4. The fraction of sp³-hybridized carbons (Fsp3) is 0.333. The van der Waals surface area contributed by atoms with E-state index in [-0.39, 0.29) is 18.1 Å². The molecule has 1 aliphatic heterocycles. The molecular weight excluding hydrogens is 458 g/mol. The minimum atomic E-state index is -1.09. The fourth-order valence-electron chi connectivity index (χ4n) is 3.87. The minimum Gasteiger partial charge on any atom is -0.480 e. The zero-order valence-electron chi connectivity index (χ0n) is 18.7. The van der Waals surface area contributed by atoms with Crippen molar-refractivity contribution in [1.29, 1.82) is 0 Å². The second kappa shape index (κ2) is 12.2. The van der Waals surface area contributed by atoms with Gasteiger partial charge in [-0.15, -0.1) is 0 Å². The second-order valence-corrected chi connectivity index (χ2v) is 8.38. The maximum atomic E-state index is 13.3. The summed E-state index contributed by atoms with van der Waals surface area (Å²) in [6.07, 6.45) is 5.01. The molecule has 0 aliphatic carbocycles. The zero-order chi connectivity index (χ0) is 24.5. The SMILES string of the molecule is NCc1ccc(Cl)cc1CNC(=O)[C@@H]1CCCN1C(=O)/C(=C\Cc1cccc[nH+]1)NCC(=O)O. The standard InChI is InChI=1S/C24H28ClN5O4/c25-18-7-6-16(13-26)17(12-18)14-29-23(33)21-5-3-11-30(21)24(34)20(28-15-22(31)32)9-8-19-4-1-2-10-27-19/h1-2,4,6-7,9-10,12,21,28H,3,5,8,11,13-15,26H2,(H,29,33)(H,31,32)/p+1/b20-9+/t21-/m0/s1. The van der Waals surface area contributed by atoms with Crippen molar-refractivity contribution in [1.82, 2.24) is 15.5 Å². The Labute approximate surface area is 203 Å². The average molecular weight is 487 g/mol. The third-order valence-corrected chi connectivity index (χ3v) is 5.85. The highest BCUT2D eigenvalue weighted by atomic mass is 35.5. The van der Waals surface area contributed by atoms with Crippen molar-refractivity contribution in [3.05, 3.63) is 76.2 Å². The van der Waals surface area contributed by atoms with Crippen molar-refractivity contribution in [3.63, 3.8) is 0 Å². The number of carboxylic acids is 1. The molecule has 9 nitrogen and oxygen atoms in total. The van der Waals surface area contributed by atoms with E-state index in [1.54, 1.807) is 24.4 Å². The smallest absolute Gasteiger partial charge is 0.322 e. The Morgan fingerprint density at radius 1 is 1.21 bits per heavy atom. The summed E-state index contributed by atoms with van der Waals surface area (Å²) in [4.78, 5) is 41.9. The van der Waals surface area contributed by atoms with Crippen molar-refractivity contribution in [2.45, 2.75) is 38.4 Å². The average Bonchev–Trinajstić information content (AvgIpc) is 3.33. The van der Waals surface area contributed by atoms with Crippen LogP contribution in [0.25, 0.3) is 0 Å². The molecule has 3 rings (SSSR count). The van der Waals surface area contributed by atoms with Gasteiger partial charge in [0.25, 0.3) is 5.91 Å². The van der Waals surface area contributed by atoms with E-state index in [1.165, 1.54) is 4.90 Å². The predicted octanol–water partition coefficient (Wildman–Crippen LogP) is 1.02. The number of benzene rings is 1. The van der Waals surface area contributed by atoms with E-state index in [4.69, 9.17) is 22.4 Å². The minimum absolute atomic E-state index is 0.152. The lowest BCUT2D eigenvalue weighted by molar-refractivity contribution is -0.389. The molecule has 0 spiro atoms. The number of allylic oxidation sites excluding steroid dienone is 1. The quantitative estimate of drug-likeness (QED) is 0.370. The summed E-state index contributed by atoms with van der Waals surface area (Å²) in [6, 6.07) is 10.3. The van der Waals surface area contributed by atoms with Crippen LogP contribution in [0.5, 0.6) is 0 Å². The Morgan fingerprint density at radius 3 is 2.74 bits per heavy atom. The number of hydrogen-bond donors (Lipinski definition) is 4. The molecule has 2 heterocycles. The molecule has 1 aromatic heterocycles. The van der Waals surface area contributed by atoms with Gasteiger partial charge in [0, 0.05) is 36.8 Å². The van der Waals surface area contributed by atoms with E-state index in [2.05, 4.69) is 15.6 Å². The van der Waals surface area contributed by atoms with Gasteiger partial charge in [-0.3, -0.25) is 14.4 Å². The predicted molar refractivity (Wildman–Crippen MR) is 126 cm³/mol. The number of carbonyl (C=O) groups is 3. The molecule has 1 fully saturated rings. The van der Waals surface area contributed by atoms with Gasteiger partial charge in [-0.1, -0.05) is 23.7 Å². The summed E-state index contributed by atoms with van der Waals surface area (Å²) in [6.45, 7) is 0.565. The lowest BCUT2D eigenvalue weighted by atomic mass is 10.1. The summed E-state index contributed by atoms with van der Waals surface area (Å²) in [5.74, 6) is -1.76. The molecule has 2 aromatic rings. The highest BCUT2D eigenvalue weighted by Gasteiger charge is 2.35. The van der Waals surface area contributed by atoms with Gasteiger partial charge in [0.05, 0.1) is 12.1 Å². The van der Waals surface area contributed by atoms with Gasteiger partial charge in [-0.25, -0.2) is 4.98 Å². The van der Waals surface area contributed by atoms with Gasteiger partial charge < -0.3 is 26.4 Å². The van der Waals surface area contributed by atoms with Gasteiger partial charge in [-0.05, 0) is 42.2 Å². The highest BCUT2D eigenvalue weighted by Crippen LogP contribution is 2.21. The van der Waals surface area contributed by atoms with Crippen LogP contribution in [-0.2, 0) is 33.9 Å². The normalized spacial score (nSPS) is 15.8. The van der Waals surface area contributed by atoms with Crippen LogP contribution < -0.4 is 21.4 Å². The number of likely N-dealkylation sites (tertiary alicyclic amines) is 1. The third-order valence-electron chi connectivity index (χ3n) is 5.62. The molecule has 10 heteroatoms. The van der Waals surface area contributed by atoms with Crippen molar-refractivity contribution >= 4 is 29.4 Å². The summed E-state index contributed by atoms with van der Waals surface area (Å²) >= 11 is 6.08. The van der Waals surface area contributed by atoms with Crippen LogP contribution in [0.1, 0.15) is 29.7 Å². The number of nitrogens with zero attached hydrogens (tertiary/aromatic N) is 1. The maximum absolute atomic E-state index is 13.3. The van der Waals surface area contributed by atoms with Crippen LogP contribution in [0, 0.1) is 0 Å². The van der Waals surface area contributed by atoms with Crippen LogP contribution >= 0.6 is 11.6 Å². The maximum Gasteiger partial charge on any atom is 0.322 e. The first-order valence-corrected chi connectivity index (χ1v) is 11.4. The number of carbonyl (C=O) groups excluding carboxylic acids is 2. The first kappa shape index (κ1) is 25.2. The van der Waals surface area contributed by atoms with E-state index >= 15 is 0 Å². The van der Waals surface area contributed by atoms with Crippen LogP contribution in [-0.4, -0.2) is 46.9 Å². The lowest BCUT2D eigenvalue weighted by Gasteiger charge is -2.25. The van der Waals surface area contributed by atoms with Gasteiger partial charge in [0.15, 0.2) is 11.9 Å². The molecule has 34 heavy (non-hydrogen) atoms. The Balaban J connectivity index is 1.71. The van der Waals surface area contributed by atoms with E-state index in [9.17, 15) is 14.4 Å². The number of aromatic nitrogens is 1. The Hall–Kier alpha value is -3.43. The number of hydrogen-bond acceptors (Lipinski definition) is 5. The molecule has 0 unspecified atom stereocenters. The largest absolute Gasteiger partial charge is 0.480 e. The summed E-state index contributed by atoms with van der Waals surface area (Å²) < 4.78 is 0. The van der Waals surface area contributed by atoms with Gasteiger partial charge in [-0.2, -0.15) is 0 Å². The molecule has 1 atom stereocenters. The van der Waals surface area contributed by atoms with Crippen molar-refractivity contribution in [3.8, 4) is 0 Å². The molecule has 1 saturated heterocycles. The highest BCUT2D eigenvalue weighted by molar-refractivity contribution is 6.30. The fourth-order valence-corrected chi connectivity index (χ4v) is 4.07. The molecule has 2 amide bonds. The van der Waals surface area contributed by atoms with Crippen LogP contribution in [0.4, 0.5) is 0 Å². The lowest BCUT2D eigenvalue weighted by Crippen LogP contribution is -2.48. The van der Waals surface area contributed by atoms with Crippen molar-refractivity contribution in [2.24, 2.45) is 5.73 Å². The number of aliphatic carboxylic acids is 1. The summed E-state index contributed by atoms with van der Waals surface area (Å²) in [5, 5.41) is 15.2. The Bertz CT molecular complexity index is 1060. The van der Waals surface area contributed by atoms with Gasteiger partial charge in [0.2, 0.25) is 5.91 Å². The zero-order valence-corrected chi connectivity index (χ0v) is 19.5. The number of H-pyrrole nitrogens is 1. The molecule has 1 aliphatic rings. The number of nitrogens with two attached hydrogens (primary N) is 1. The number of carboxylic acid groups (broad SMARTS) is 1. The third kappa shape index (κ3) is 6.79. The van der Waals surface area contributed by atoms with Crippen LogP contribution in [0.15, 0.2) is 54.4 Å². The molecule has 0 saturated carbocycles. The molecule has 1 aromatic carbocycles. The van der Waals surface area contributed by atoms with E-state index < -0.39 is 24.5 Å². The first-order valence-electron chi connectivity index (χ1n) is 11.1. The van der Waals surface area contributed by atoms with Crippen molar-refractivity contribution in [2.75, 3.05) is 13.1 Å². The van der Waals surface area contributed by atoms with Crippen LogP contribution in [0.3, 0.4) is 0 Å². The van der Waals surface area contributed by atoms with E-state index in [1.807, 2.05) is 24.3 Å². The molecule has 0 radical (unpaired) electrons. The number of halogens is 1. The number of aromatic amines is 1. The van der Waals surface area contributed by atoms with Gasteiger partial charge >= 0.3 is 5.97 Å². The topological polar surface area (TPSA) is 139 Å². The Kier molecular flexibility index (Phi) is 9.00. The number of pyridine rings is 1.